The minimum Gasteiger partial charge on any atom is -0.399 e. The summed E-state index contributed by atoms with van der Waals surface area (Å²) >= 11 is 0. The molecule has 0 radical (unpaired) electrons. The molecule has 19 heavy (non-hydrogen) atoms. The number of nitrogens with zero attached hydrogens (tertiary/aromatic N) is 2. The summed E-state index contributed by atoms with van der Waals surface area (Å²) in [5, 5.41) is 0. The fourth-order valence-electron chi connectivity index (χ4n) is 1.78. The average Bonchev–Trinajstić information content (AvgIpc) is 2.27. The van der Waals surface area contributed by atoms with E-state index in [1.807, 2.05) is 0 Å². The van der Waals surface area contributed by atoms with Gasteiger partial charge in [-0.1, -0.05) is 0 Å². The number of benzene rings is 1. The Bertz CT molecular complexity index is 777. The van der Waals surface area contributed by atoms with E-state index in [1.54, 1.807) is 13.8 Å². The van der Waals surface area contributed by atoms with Gasteiger partial charge >= 0.3 is 5.69 Å². The Hall–Kier alpha value is -2.15. The van der Waals surface area contributed by atoms with Crippen LogP contribution in [-0.4, -0.2) is 17.4 Å². The van der Waals surface area contributed by atoms with Gasteiger partial charge in [-0.25, -0.2) is 13.2 Å². The zero-order valence-corrected chi connectivity index (χ0v) is 11.3. The molecular formula is C12H13N3O3S. The summed E-state index contributed by atoms with van der Waals surface area (Å²) in [6.45, 7) is 3.18. The molecule has 0 atom stereocenters. The molecule has 0 aliphatic carbocycles. The van der Waals surface area contributed by atoms with Crippen LogP contribution in [0.25, 0.3) is 0 Å². The summed E-state index contributed by atoms with van der Waals surface area (Å²) < 4.78 is 25.4. The molecule has 2 rings (SSSR count). The van der Waals surface area contributed by atoms with Crippen LogP contribution in [-0.2, 0) is 10.0 Å². The topological polar surface area (TPSA) is 95.0 Å². The van der Waals surface area contributed by atoms with Crippen LogP contribution in [0.15, 0.2) is 40.0 Å². The van der Waals surface area contributed by atoms with Gasteiger partial charge in [0.15, 0.2) is 0 Å². The van der Waals surface area contributed by atoms with Crippen molar-refractivity contribution in [3.8, 4) is 0 Å². The number of anilines is 1. The van der Waals surface area contributed by atoms with Gasteiger partial charge in [0.05, 0.1) is 4.90 Å². The normalized spacial score (nSPS) is 11.5. The third kappa shape index (κ3) is 2.37. The molecular weight excluding hydrogens is 266 g/mol. The van der Waals surface area contributed by atoms with Crippen molar-refractivity contribution in [1.82, 2.24) is 8.96 Å². The van der Waals surface area contributed by atoms with Crippen molar-refractivity contribution in [3.63, 3.8) is 0 Å². The summed E-state index contributed by atoms with van der Waals surface area (Å²) in [6.07, 6.45) is 0. The Kier molecular flexibility index (Phi) is 3.15. The van der Waals surface area contributed by atoms with E-state index in [0.717, 1.165) is 0 Å². The molecule has 0 fully saturated rings. The number of rotatable bonds is 2. The fraction of sp³-hybridized carbons (Fsp3) is 0.167. The van der Waals surface area contributed by atoms with Gasteiger partial charge in [0.1, 0.15) is 0 Å². The first-order valence-corrected chi connectivity index (χ1v) is 6.95. The van der Waals surface area contributed by atoms with Crippen molar-refractivity contribution < 1.29 is 8.42 Å². The summed E-state index contributed by atoms with van der Waals surface area (Å²) in [4.78, 5) is 15.4. The maximum absolute atomic E-state index is 12.4. The highest BCUT2D eigenvalue weighted by Gasteiger charge is 2.21. The Balaban J connectivity index is 2.70. The second-order valence-corrected chi connectivity index (χ2v) is 5.95. The molecule has 2 aromatic rings. The molecule has 0 bridgehead atoms. The molecule has 1 aromatic carbocycles. The average molecular weight is 279 g/mol. The van der Waals surface area contributed by atoms with Crippen molar-refractivity contribution in [2.45, 2.75) is 18.7 Å². The Morgan fingerprint density at radius 3 is 2.26 bits per heavy atom. The second kappa shape index (κ2) is 4.51. The monoisotopic (exact) mass is 279 g/mol. The maximum Gasteiger partial charge on any atom is 0.362 e. The smallest absolute Gasteiger partial charge is 0.362 e. The summed E-state index contributed by atoms with van der Waals surface area (Å²) in [6, 6.07) is 7.19. The fourth-order valence-corrected chi connectivity index (χ4v) is 3.15. The van der Waals surface area contributed by atoms with E-state index in [0.29, 0.717) is 21.0 Å². The number of nitrogens with two attached hydrogens (primary N) is 1. The molecule has 2 N–H and O–H groups in total. The van der Waals surface area contributed by atoms with E-state index in [4.69, 9.17) is 5.73 Å². The van der Waals surface area contributed by atoms with E-state index < -0.39 is 15.7 Å². The first kappa shape index (κ1) is 13.3. The highest BCUT2D eigenvalue weighted by atomic mass is 32.2. The van der Waals surface area contributed by atoms with Crippen LogP contribution in [0.3, 0.4) is 0 Å². The van der Waals surface area contributed by atoms with E-state index in [9.17, 15) is 13.2 Å². The molecule has 6 nitrogen and oxygen atoms in total. The van der Waals surface area contributed by atoms with E-state index >= 15 is 0 Å². The van der Waals surface area contributed by atoms with Crippen molar-refractivity contribution >= 4 is 15.7 Å². The van der Waals surface area contributed by atoms with Crippen LogP contribution in [0.5, 0.6) is 0 Å². The zero-order valence-electron chi connectivity index (χ0n) is 10.5. The van der Waals surface area contributed by atoms with Crippen LogP contribution in [0, 0.1) is 13.8 Å². The predicted octanol–water partition coefficient (Wildman–Crippen LogP) is 0.679. The van der Waals surface area contributed by atoms with Crippen LogP contribution in [0.2, 0.25) is 0 Å². The lowest BCUT2D eigenvalue weighted by atomic mass is 10.3. The summed E-state index contributed by atoms with van der Waals surface area (Å²) in [7, 11) is -3.95. The van der Waals surface area contributed by atoms with Gasteiger partial charge in [-0.3, -0.25) is 0 Å². The SMILES string of the molecule is Cc1cc(C)n(S(=O)(=O)c2ccc(N)cc2)c(=O)n1. The van der Waals surface area contributed by atoms with E-state index in [1.165, 1.54) is 30.3 Å². The van der Waals surface area contributed by atoms with Crippen molar-refractivity contribution in [1.29, 1.82) is 0 Å². The molecule has 0 spiro atoms. The Labute approximate surface area is 110 Å². The molecule has 1 heterocycles. The molecule has 0 saturated heterocycles. The number of nitrogen functional groups attached to an aromatic ring is 1. The standard InChI is InChI=1S/C12H13N3O3S/c1-8-7-9(2)15(12(16)14-8)19(17,18)11-5-3-10(13)4-6-11/h3-7H,13H2,1-2H3. The molecule has 0 aliphatic heterocycles. The van der Waals surface area contributed by atoms with Crippen molar-refractivity contribution in [2.24, 2.45) is 0 Å². The van der Waals surface area contributed by atoms with Crippen LogP contribution in [0.1, 0.15) is 11.4 Å². The van der Waals surface area contributed by atoms with Crippen LogP contribution < -0.4 is 11.4 Å². The lowest BCUT2D eigenvalue weighted by Crippen LogP contribution is -2.31. The third-order valence-electron chi connectivity index (χ3n) is 2.60. The zero-order chi connectivity index (χ0) is 14.2. The van der Waals surface area contributed by atoms with Gasteiger partial charge in [0, 0.05) is 17.1 Å². The Morgan fingerprint density at radius 2 is 1.74 bits per heavy atom. The number of hydrogen-bond donors (Lipinski definition) is 1. The maximum atomic E-state index is 12.4. The minimum absolute atomic E-state index is 0.00227. The predicted molar refractivity (Wildman–Crippen MR) is 71.4 cm³/mol. The molecule has 7 heteroatoms. The molecule has 0 unspecified atom stereocenters. The van der Waals surface area contributed by atoms with Gasteiger partial charge in [-0.2, -0.15) is 8.96 Å². The largest absolute Gasteiger partial charge is 0.399 e. The lowest BCUT2D eigenvalue weighted by Gasteiger charge is -2.10. The van der Waals surface area contributed by atoms with Gasteiger partial charge in [-0.15, -0.1) is 0 Å². The number of hydrogen-bond acceptors (Lipinski definition) is 5. The second-order valence-electron chi connectivity index (χ2n) is 4.16. The third-order valence-corrected chi connectivity index (χ3v) is 4.39. The molecule has 100 valence electrons. The van der Waals surface area contributed by atoms with E-state index in [-0.39, 0.29) is 4.90 Å². The first-order chi connectivity index (χ1) is 8.82. The number of aryl methyl sites for hydroxylation is 2. The Morgan fingerprint density at radius 1 is 1.16 bits per heavy atom. The van der Waals surface area contributed by atoms with Gasteiger partial charge in [-0.05, 0) is 44.2 Å². The van der Waals surface area contributed by atoms with E-state index in [2.05, 4.69) is 4.98 Å². The quantitative estimate of drug-likeness (QED) is 0.816. The first-order valence-electron chi connectivity index (χ1n) is 5.51. The van der Waals surface area contributed by atoms with Crippen molar-refractivity contribution in [2.75, 3.05) is 5.73 Å². The van der Waals surface area contributed by atoms with Crippen molar-refractivity contribution in [3.05, 3.63) is 52.2 Å². The highest BCUT2D eigenvalue weighted by molar-refractivity contribution is 7.90. The van der Waals surface area contributed by atoms with Gasteiger partial charge < -0.3 is 5.73 Å². The summed E-state index contributed by atoms with van der Waals surface area (Å²) in [5.74, 6) is 0. The minimum atomic E-state index is -3.95. The van der Waals surface area contributed by atoms with Gasteiger partial charge in [0.25, 0.3) is 10.0 Å². The number of aromatic nitrogens is 2. The van der Waals surface area contributed by atoms with Gasteiger partial charge in [0.2, 0.25) is 0 Å². The molecule has 0 amide bonds. The molecule has 0 aliphatic rings. The van der Waals surface area contributed by atoms with Crippen LogP contribution in [0.4, 0.5) is 5.69 Å². The molecule has 1 aromatic heterocycles. The summed E-state index contributed by atoms with van der Waals surface area (Å²) in [5.41, 5.74) is 5.94. The molecule has 0 saturated carbocycles. The van der Waals surface area contributed by atoms with Crippen LogP contribution >= 0.6 is 0 Å². The highest BCUT2D eigenvalue weighted by Crippen LogP contribution is 2.15. The lowest BCUT2D eigenvalue weighted by molar-refractivity contribution is 0.582.